The van der Waals surface area contributed by atoms with Crippen LogP contribution in [-0.4, -0.2) is 24.3 Å². The van der Waals surface area contributed by atoms with E-state index >= 15 is 0 Å². The van der Waals surface area contributed by atoms with Gasteiger partial charge in [-0.1, -0.05) is 50.1 Å². The van der Waals surface area contributed by atoms with E-state index in [0.717, 1.165) is 41.4 Å². The Balaban J connectivity index is 2.19. The highest BCUT2D eigenvalue weighted by Gasteiger charge is 2.21. The lowest BCUT2D eigenvalue weighted by atomic mass is 10.0. The summed E-state index contributed by atoms with van der Waals surface area (Å²) in [5.74, 6) is 0.735. The van der Waals surface area contributed by atoms with Crippen molar-refractivity contribution in [3.05, 3.63) is 62.6 Å². The van der Waals surface area contributed by atoms with Gasteiger partial charge in [-0.25, -0.2) is 14.5 Å². The van der Waals surface area contributed by atoms with Gasteiger partial charge in [0.2, 0.25) is 0 Å². The highest BCUT2D eigenvalue weighted by atomic mass is 16.2. The topological polar surface area (TPSA) is 82.7 Å². The van der Waals surface area contributed by atoms with Crippen LogP contribution >= 0.6 is 0 Å². The van der Waals surface area contributed by atoms with Crippen LogP contribution in [0.5, 0.6) is 0 Å². The van der Waals surface area contributed by atoms with Crippen molar-refractivity contribution < 1.29 is 0 Å². The summed E-state index contributed by atoms with van der Waals surface area (Å²) in [5.41, 5.74) is 1.15. The minimum Gasteiger partial charge on any atom is -0.267 e. The van der Waals surface area contributed by atoms with Gasteiger partial charge in [0.05, 0.1) is 0 Å². The van der Waals surface area contributed by atoms with E-state index in [1.165, 1.54) is 7.05 Å². The zero-order valence-corrected chi connectivity index (χ0v) is 16.6. The largest absolute Gasteiger partial charge is 0.352 e. The van der Waals surface area contributed by atoms with Crippen molar-refractivity contribution in [1.82, 2.24) is 24.3 Å². The molecule has 1 aromatic rings. The second-order valence-electron chi connectivity index (χ2n) is 6.72. The Kier molecular flexibility index (Phi) is 6.13. The van der Waals surface area contributed by atoms with Gasteiger partial charge in [0, 0.05) is 13.6 Å². The number of hydrogen-bond acceptors (Lipinski definition) is 5. The van der Waals surface area contributed by atoms with Crippen molar-refractivity contribution in [2.75, 3.05) is 0 Å². The van der Waals surface area contributed by atoms with Crippen molar-refractivity contribution in [1.29, 1.82) is 0 Å². The molecule has 0 aliphatic carbocycles. The first kappa shape index (κ1) is 19.7. The zero-order valence-electron chi connectivity index (χ0n) is 16.6. The number of aryl methyl sites for hydroxylation is 1. The lowest BCUT2D eigenvalue weighted by Crippen LogP contribution is -2.37. The molecule has 0 fully saturated rings. The standard InChI is InChI=1S/C21H25N5O2/c1-4-6-8-13-16(14-15-11-9-7-10-12-15)18-22-17-19(26(5-2)24-18)23-21(28)25(3)20(17)27/h7,9-12,14H,4-6,8,13H2,1-3H3. The van der Waals surface area contributed by atoms with Crippen LogP contribution in [0.2, 0.25) is 0 Å². The number of hydrogen-bond donors (Lipinski definition) is 0. The summed E-state index contributed by atoms with van der Waals surface area (Å²) < 4.78 is 2.57. The van der Waals surface area contributed by atoms with Crippen molar-refractivity contribution >= 4 is 11.6 Å². The first-order chi connectivity index (χ1) is 13.5. The van der Waals surface area contributed by atoms with Gasteiger partial charge in [-0.3, -0.25) is 9.36 Å². The predicted octanol–water partition coefficient (Wildman–Crippen LogP) is 2.98. The summed E-state index contributed by atoms with van der Waals surface area (Å²) in [6, 6.07) is 10.00. The average molecular weight is 379 g/mol. The van der Waals surface area contributed by atoms with Crippen LogP contribution in [0.4, 0.5) is 0 Å². The minimum absolute atomic E-state index is 0.170. The summed E-state index contributed by atoms with van der Waals surface area (Å²) in [7, 11) is 1.41. The highest BCUT2D eigenvalue weighted by molar-refractivity contribution is 5.79. The summed E-state index contributed by atoms with van der Waals surface area (Å²) >= 11 is 0. The van der Waals surface area contributed by atoms with E-state index in [9.17, 15) is 9.59 Å². The van der Waals surface area contributed by atoms with E-state index in [4.69, 9.17) is 0 Å². The van der Waals surface area contributed by atoms with Crippen LogP contribution in [0.25, 0.3) is 23.2 Å². The number of benzene rings is 1. The molecule has 28 heavy (non-hydrogen) atoms. The third kappa shape index (κ3) is 4.08. The monoisotopic (exact) mass is 379 g/mol. The summed E-state index contributed by atoms with van der Waals surface area (Å²) in [6.07, 6.45) is 6.11. The highest BCUT2D eigenvalue weighted by Crippen LogP contribution is 2.23. The zero-order chi connectivity index (χ0) is 20.1. The maximum Gasteiger partial charge on any atom is 0.352 e. The first-order valence-corrected chi connectivity index (χ1v) is 9.67. The van der Waals surface area contributed by atoms with Crippen LogP contribution in [0.1, 0.15) is 50.9 Å². The fourth-order valence-electron chi connectivity index (χ4n) is 3.05. The summed E-state index contributed by atoms with van der Waals surface area (Å²) in [5, 5.41) is 4.59. The van der Waals surface area contributed by atoms with Crippen LogP contribution < -0.4 is 11.2 Å². The maximum absolute atomic E-state index is 12.6. The molecule has 7 nitrogen and oxygen atoms in total. The molecule has 0 N–H and O–H groups in total. The quantitative estimate of drug-likeness (QED) is 0.590. The molecule has 0 saturated heterocycles. The molecule has 0 spiro atoms. The van der Waals surface area contributed by atoms with E-state index < -0.39 is 11.2 Å². The third-order valence-corrected chi connectivity index (χ3v) is 4.66. The molecular formula is C21H25N5O2. The van der Waals surface area contributed by atoms with Gasteiger partial charge < -0.3 is 0 Å². The Hall–Kier alpha value is -3.09. The lowest BCUT2D eigenvalue weighted by molar-refractivity contribution is 0.601. The van der Waals surface area contributed by atoms with E-state index in [1.54, 1.807) is 4.68 Å². The third-order valence-electron chi connectivity index (χ3n) is 4.66. The van der Waals surface area contributed by atoms with Crippen LogP contribution in [-0.2, 0) is 13.6 Å². The number of allylic oxidation sites excluding steroid dienone is 1. The Bertz CT molecular complexity index is 1070. The molecule has 146 valence electrons. The van der Waals surface area contributed by atoms with Gasteiger partial charge in [0.25, 0.3) is 5.56 Å². The number of fused-ring (bicyclic) bond motifs is 1. The van der Waals surface area contributed by atoms with E-state index in [1.807, 2.05) is 37.3 Å². The molecule has 0 bridgehead atoms. The van der Waals surface area contributed by atoms with Gasteiger partial charge >= 0.3 is 5.69 Å². The molecular weight excluding hydrogens is 354 g/mol. The Morgan fingerprint density at radius 2 is 1.82 bits per heavy atom. The number of rotatable bonds is 7. The first-order valence-electron chi connectivity index (χ1n) is 9.67. The van der Waals surface area contributed by atoms with Gasteiger partial charge in [0.1, 0.15) is 0 Å². The second kappa shape index (κ2) is 8.73. The molecule has 2 aliphatic heterocycles. The minimum atomic E-state index is -0.598. The second-order valence-corrected chi connectivity index (χ2v) is 6.72. The lowest BCUT2D eigenvalue weighted by Gasteiger charge is -2.15. The van der Waals surface area contributed by atoms with Crippen molar-refractivity contribution in [3.63, 3.8) is 0 Å². The summed E-state index contributed by atoms with van der Waals surface area (Å²) in [4.78, 5) is 33.1. The molecule has 0 saturated carbocycles. The molecule has 2 aliphatic rings. The number of aromatic nitrogens is 5. The number of nitrogens with zero attached hydrogens (tertiary/aromatic N) is 5. The molecule has 2 heterocycles. The molecule has 0 unspecified atom stereocenters. The van der Waals surface area contributed by atoms with E-state index in [0.29, 0.717) is 12.4 Å². The molecule has 0 atom stereocenters. The van der Waals surface area contributed by atoms with Crippen molar-refractivity contribution in [3.8, 4) is 11.5 Å². The molecule has 3 rings (SSSR count). The molecule has 0 aromatic heterocycles. The van der Waals surface area contributed by atoms with Crippen molar-refractivity contribution in [2.45, 2.75) is 46.1 Å². The van der Waals surface area contributed by atoms with E-state index in [2.05, 4.69) is 28.1 Å². The fourth-order valence-corrected chi connectivity index (χ4v) is 3.05. The predicted molar refractivity (Wildman–Crippen MR) is 110 cm³/mol. The molecule has 1 aromatic carbocycles. The van der Waals surface area contributed by atoms with Gasteiger partial charge in [-0.05, 0) is 37.0 Å². The van der Waals surface area contributed by atoms with Gasteiger partial charge in [-0.2, -0.15) is 10.1 Å². The Labute approximate surface area is 163 Å². The van der Waals surface area contributed by atoms with Gasteiger partial charge in [0.15, 0.2) is 17.3 Å². The number of unbranched alkanes of at least 4 members (excludes halogenated alkanes) is 2. The van der Waals surface area contributed by atoms with Crippen molar-refractivity contribution in [2.24, 2.45) is 7.05 Å². The Morgan fingerprint density at radius 3 is 2.50 bits per heavy atom. The molecule has 0 radical (unpaired) electrons. The average Bonchev–Trinajstić information content (AvgIpc) is 2.72. The maximum atomic E-state index is 12.6. The van der Waals surface area contributed by atoms with Gasteiger partial charge in [-0.15, -0.1) is 0 Å². The SMILES string of the molecule is CCCCCC(=Cc1ccccc1)c1nc2c(=O)n(C)c(=O)nc-2n(CC)n1. The van der Waals surface area contributed by atoms with Crippen LogP contribution in [0.3, 0.4) is 0 Å². The smallest absolute Gasteiger partial charge is 0.267 e. The molecule has 0 amide bonds. The summed E-state index contributed by atoms with van der Waals surface area (Å²) in [6.45, 7) is 4.55. The van der Waals surface area contributed by atoms with Crippen LogP contribution in [0, 0.1) is 0 Å². The fraction of sp³-hybridized carbons (Fsp3) is 0.381. The van der Waals surface area contributed by atoms with Crippen LogP contribution in [0.15, 0.2) is 39.9 Å². The normalized spacial score (nSPS) is 11.9. The van der Waals surface area contributed by atoms with E-state index in [-0.39, 0.29) is 11.5 Å². The molecule has 7 heteroatoms. The Morgan fingerprint density at radius 1 is 1.07 bits per heavy atom.